The second kappa shape index (κ2) is 5.36. The van der Waals surface area contributed by atoms with Gasteiger partial charge in [-0.1, -0.05) is 24.3 Å². The number of aryl methyl sites for hydroxylation is 1. The zero-order valence-electron chi connectivity index (χ0n) is 10.7. The van der Waals surface area contributed by atoms with E-state index in [1.54, 1.807) is 30.3 Å². The molecule has 2 nitrogen and oxygen atoms in total. The van der Waals surface area contributed by atoms with Crippen molar-refractivity contribution in [1.82, 2.24) is 0 Å². The third kappa shape index (κ3) is 3.17. The molecule has 0 fully saturated rings. The minimum atomic E-state index is -4.43. The number of alkyl halides is 3. The Bertz CT molecular complexity index is 621. The van der Waals surface area contributed by atoms with Crippen molar-refractivity contribution in [2.24, 2.45) is 0 Å². The van der Waals surface area contributed by atoms with Crippen LogP contribution in [0.25, 0.3) is 0 Å². The van der Waals surface area contributed by atoms with Crippen LogP contribution in [-0.2, 0) is 6.18 Å². The number of rotatable bonds is 2. The SMILES string of the molecule is Cc1ccc(NC(=O)c2ccccc2)cc1C(F)(F)F. The molecular formula is C15H12F3NO. The van der Waals surface area contributed by atoms with Gasteiger partial charge in [-0.2, -0.15) is 13.2 Å². The highest BCUT2D eigenvalue weighted by Gasteiger charge is 2.32. The van der Waals surface area contributed by atoms with E-state index in [1.165, 1.54) is 19.1 Å². The number of amides is 1. The lowest BCUT2D eigenvalue weighted by Gasteiger charge is -2.12. The van der Waals surface area contributed by atoms with Gasteiger partial charge in [0.15, 0.2) is 0 Å². The van der Waals surface area contributed by atoms with E-state index in [2.05, 4.69) is 5.32 Å². The predicted octanol–water partition coefficient (Wildman–Crippen LogP) is 4.27. The molecule has 1 amide bonds. The van der Waals surface area contributed by atoms with E-state index >= 15 is 0 Å². The van der Waals surface area contributed by atoms with Crippen molar-refractivity contribution in [3.05, 3.63) is 65.2 Å². The zero-order chi connectivity index (χ0) is 14.8. The third-order valence-electron chi connectivity index (χ3n) is 2.84. The number of carbonyl (C=O) groups excluding carboxylic acids is 1. The molecule has 0 unspecified atom stereocenters. The fourth-order valence-electron chi connectivity index (χ4n) is 1.80. The smallest absolute Gasteiger partial charge is 0.322 e. The van der Waals surface area contributed by atoms with Gasteiger partial charge in [-0.3, -0.25) is 4.79 Å². The summed E-state index contributed by atoms with van der Waals surface area (Å²) in [6.07, 6.45) is -4.43. The molecule has 0 saturated carbocycles. The Balaban J connectivity index is 2.25. The number of benzene rings is 2. The molecule has 2 rings (SSSR count). The Hall–Kier alpha value is -2.30. The molecule has 0 aliphatic carbocycles. The van der Waals surface area contributed by atoms with E-state index in [0.717, 1.165) is 6.07 Å². The van der Waals surface area contributed by atoms with Crippen LogP contribution in [0.15, 0.2) is 48.5 Å². The first-order valence-electron chi connectivity index (χ1n) is 5.92. The van der Waals surface area contributed by atoms with Crippen molar-refractivity contribution in [3.8, 4) is 0 Å². The summed E-state index contributed by atoms with van der Waals surface area (Å²) in [5.74, 6) is -0.442. The lowest BCUT2D eigenvalue weighted by atomic mass is 10.1. The monoisotopic (exact) mass is 279 g/mol. The van der Waals surface area contributed by atoms with Gasteiger partial charge in [-0.15, -0.1) is 0 Å². The van der Waals surface area contributed by atoms with Gasteiger partial charge in [-0.05, 0) is 36.8 Å². The van der Waals surface area contributed by atoms with Crippen LogP contribution in [0.4, 0.5) is 18.9 Å². The fourth-order valence-corrected chi connectivity index (χ4v) is 1.80. The highest BCUT2D eigenvalue weighted by atomic mass is 19.4. The lowest BCUT2D eigenvalue weighted by Crippen LogP contribution is -2.13. The second-order valence-electron chi connectivity index (χ2n) is 4.35. The zero-order valence-corrected chi connectivity index (χ0v) is 10.7. The minimum Gasteiger partial charge on any atom is -0.322 e. The van der Waals surface area contributed by atoms with Gasteiger partial charge >= 0.3 is 6.18 Å². The largest absolute Gasteiger partial charge is 0.416 e. The van der Waals surface area contributed by atoms with E-state index in [9.17, 15) is 18.0 Å². The molecule has 0 bridgehead atoms. The molecule has 0 aliphatic rings. The molecule has 1 N–H and O–H groups in total. The topological polar surface area (TPSA) is 29.1 Å². The summed E-state index contributed by atoms with van der Waals surface area (Å²) in [5.41, 5.74) is -0.114. The standard InChI is InChI=1S/C15H12F3NO/c1-10-7-8-12(9-13(10)15(16,17)18)19-14(20)11-5-3-2-4-6-11/h2-9H,1H3,(H,19,20). The number of carbonyl (C=O) groups is 1. The molecular weight excluding hydrogens is 267 g/mol. The predicted molar refractivity (Wildman–Crippen MR) is 70.6 cm³/mol. The maximum absolute atomic E-state index is 12.8. The first kappa shape index (κ1) is 14.1. The molecule has 0 aliphatic heterocycles. The Morgan fingerprint density at radius 3 is 2.30 bits per heavy atom. The van der Waals surface area contributed by atoms with Crippen LogP contribution < -0.4 is 5.32 Å². The van der Waals surface area contributed by atoms with Gasteiger partial charge in [0.25, 0.3) is 5.91 Å². The summed E-state index contributed by atoms with van der Waals surface area (Å²) in [6, 6.07) is 12.0. The number of halogens is 3. The Morgan fingerprint density at radius 2 is 1.70 bits per heavy atom. The Labute approximate surface area is 114 Å². The van der Waals surface area contributed by atoms with Gasteiger partial charge < -0.3 is 5.32 Å². The molecule has 0 atom stereocenters. The number of anilines is 1. The van der Waals surface area contributed by atoms with Gasteiger partial charge in [0.2, 0.25) is 0 Å². The number of hydrogen-bond acceptors (Lipinski definition) is 1. The normalized spacial score (nSPS) is 11.2. The van der Waals surface area contributed by atoms with Crippen LogP contribution >= 0.6 is 0 Å². The average Bonchev–Trinajstić information content (AvgIpc) is 2.40. The second-order valence-corrected chi connectivity index (χ2v) is 4.35. The average molecular weight is 279 g/mol. The van der Waals surface area contributed by atoms with Crippen molar-refractivity contribution < 1.29 is 18.0 Å². The highest BCUT2D eigenvalue weighted by molar-refractivity contribution is 6.04. The molecule has 0 saturated heterocycles. The molecule has 0 spiro atoms. The maximum Gasteiger partial charge on any atom is 0.416 e. The number of hydrogen-bond donors (Lipinski definition) is 1. The van der Waals surface area contributed by atoms with Crippen LogP contribution in [0.2, 0.25) is 0 Å². The summed E-state index contributed by atoms with van der Waals surface area (Å²) in [4.78, 5) is 11.9. The fraction of sp³-hybridized carbons (Fsp3) is 0.133. The third-order valence-corrected chi connectivity index (χ3v) is 2.84. The molecule has 104 valence electrons. The maximum atomic E-state index is 12.8. The molecule has 0 radical (unpaired) electrons. The van der Waals surface area contributed by atoms with E-state index in [4.69, 9.17) is 0 Å². The van der Waals surface area contributed by atoms with Crippen molar-refractivity contribution in [3.63, 3.8) is 0 Å². The van der Waals surface area contributed by atoms with E-state index in [0.29, 0.717) is 5.56 Å². The van der Waals surface area contributed by atoms with E-state index < -0.39 is 17.6 Å². The summed E-state index contributed by atoms with van der Waals surface area (Å²) in [5, 5.41) is 2.46. The molecule has 20 heavy (non-hydrogen) atoms. The van der Waals surface area contributed by atoms with Gasteiger partial charge in [-0.25, -0.2) is 0 Å². The summed E-state index contributed by atoms with van der Waals surface area (Å²) < 4.78 is 38.3. The quantitative estimate of drug-likeness (QED) is 0.874. The summed E-state index contributed by atoms with van der Waals surface area (Å²) in [6.45, 7) is 1.38. The van der Waals surface area contributed by atoms with Crippen LogP contribution in [0, 0.1) is 6.92 Å². The molecule has 2 aromatic rings. The van der Waals surface area contributed by atoms with E-state index in [1.807, 2.05) is 0 Å². The molecule has 2 aromatic carbocycles. The first-order valence-corrected chi connectivity index (χ1v) is 5.92. The van der Waals surface area contributed by atoms with Gasteiger partial charge in [0.1, 0.15) is 0 Å². The van der Waals surface area contributed by atoms with Crippen LogP contribution in [-0.4, -0.2) is 5.91 Å². The Morgan fingerprint density at radius 1 is 1.05 bits per heavy atom. The first-order chi connectivity index (χ1) is 9.38. The van der Waals surface area contributed by atoms with Crippen molar-refractivity contribution >= 4 is 11.6 Å². The van der Waals surface area contributed by atoms with Crippen LogP contribution in [0.1, 0.15) is 21.5 Å². The van der Waals surface area contributed by atoms with Crippen molar-refractivity contribution in [2.75, 3.05) is 5.32 Å². The van der Waals surface area contributed by atoms with Crippen LogP contribution in [0.3, 0.4) is 0 Å². The summed E-state index contributed by atoms with van der Waals surface area (Å²) >= 11 is 0. The number of nitrogens with one attached hydrogen (secondary N) is 1. The van der Waals surface area contributed by atoms with Crippen molar-refractivity contribution in [1.29, 1.82) is 0 Å². The molecule has 5 heteroatoms. The highest BCUT2D eigenvalue weighted by Crippen LogP contribution is 2.33. The minimum absolute atomic E-state index is 0.121. The molecule has 0 heterocycles. The van der Waals surface area contributed by atoms with Gasteiger partial charge in [0.05, 0.1) is 5.56 Å². The molecule has 0 aromatic heterocycles. The van der Waals surface area contributed by atoms with Crippen LogP contribution in [0.5, 0.6) is 0 Å². The Kier molecular flexibility index (Phi) is 3.79. The van der Waals surface area contributed by atoms with Gasteiger partial charge in [0, 0.05) is 11.3 Å². The van der Waals surface area contributed by atoms with E-state index in [-0.39, 0.29) is 11.3 Å². The lowest BCUT2D eigenvalue weighted by molar-refractivity contribution is -0.138. The van der Waals surface area contributed by atoms with Crippen molar-refractivity contribution in [2.45, 2.75) is 13.1 Å². The summed E-state index contributed by atoms with van der Waals surface area (Å²) in [7, 11) is 0.